The van der Waals surface area contributed by atoms with Crippen molar-refractivity contribution in [1.29, 1.82) is 0 Å². The molecule has 4 rings (SSSR count). The Morgan fingerprint density at radius 2 is 1.91 bits per heavy atom. The smallest absolute Gasteiger partial charge is 0.310 e. The van der Waals surface area contributed by atoms with E-state index < -0.39 is 46.8 Å². The van der Waals surface area contributed by atoms with Gasteiger partial charge in [-0.2, -0.15) is 0 Å². The molecule has 0 unspecified atom stereocenters. The summed E-state index contributed by atoms with van der Waals surface area (Å²) in [5, 5.41) is 0. The molecule has 2 heterocycles. The summed E-state index contributed by atoms with van der Waals surface area (Å²) in [6, 6.07) is 1.76. The number of hydrogen-bond acceptors (Lipinski definition) is 7. The van der Waals surface area contributed by atoms with Gasteiger partial charge in [-0.15, -0.1) is 0 Å². The van der Waals surface area contributed by atoms with Crippen LogP contribution < -0.4 is 0 Å². The van der Waals surface area contributed by atoms with Crippen LogP contribution >= 0.6 is 0 Å². The lowest BCUT2D eigenvalue weighted by Gasteiger charge is -2.61. The van der Waals surface area contributed by atoms with Crippen LogP contribution in [-0.4, -0.2) is 48.7 Å². The van der Waals surface area contributed by atoms with Gasteiger partial charge in [0.05, 0.1) is 18.4 Å². The molecule has 8 nitrogen and oxygen atoms in total. The summed E-state index contributed by atoms with van der Waals surface area (Å²) in [7, 11) is 3.39. The lowest BCUT2D eigenvalue weighted by molar-refractivity contribution is -0.208. The first-order chi connectivity index (χ1) is 15.0. The molecule has 0 N–H and O–H groups in total. The molecule has 1 amide bonds. The van der Waals surface area contributed by atoms with Crippen LogP contribution in [0, 0.1) is 28.6 Å². The number of furan rings is 1. The number of cyclic esters (lactones) is 1. The molecule has 1 aromatic rings. The molecule has 0 spiro atoms. The minimum atomic E-state index is -1.000. The number of esters is 2. The van der Waals surface area contributed by atoms with E-state index in [0.717, 1.165) is 5.56 Å². The number of amides is 1. The van der Waals surface area contributed by atoms with E-state index in [0.29, 0.717) is 19.3 Å². The second kappa shape index (κ2) is 7.74. The number of carbonyl (C=O) groups excluding carboxylic acids is 4. The number of fused-ring (bicyclic) bond motifs is 3. The summed E-state index contributed by atoms with van der Waals surface area (Å²) < 4.78 is 16.4. The maximum atomic E-state index is 13.8. The zero-order valence-corrected chi connectivity index (χ0v) is 19.3. The Balaban J connectivity index is 1.80. The number of Topliss-reactive ketones (excluding diaryl/α,β-unsaturated/α-hetero) is 1. The van der Waals surface area contributed by atoms with Gasteiger partial charge < -0.3 is 18.8 Å². The molecule has 3 aliphatic rings. The van der Waals surface area contributed by atoms with E-state index in [1.807, 2.05) is 13.8 Å². The highest BCUT2D eigenvalue weighted by Gasteiger charge is 2.67. The van der Waals surface area contributed by atoms with Gasteiger partial charge in [0, 0.05) is 44.8 Å². The van der Waals surface area contributed by atoms with Gasteiger partial charge in [0.1, 0.15) is 6.10 Å². The minimum Gasteiger partial charge on any atom is -0.472 e. The van der Waals surface area contributed by atoms with E-state index >= 15 is 0 Å². The molecule has 8 heteroatoms. The van der Waals surface area contributed by atoms with Crippen molar-refractivity contribution in [3.05, 3.63) is 24.2 Å². The summed E-state index contributed by atoms with van der Waals surface area (Å²) in [6.07, 6.45) is 3.23. The van der Waals surface area contributed by atoms with Gasteiger partial charge in [-0.25, -0.2) is 0 Å². The van der Waals surface area contributed by atoms with Crippen LogP contribution in [0.5, 0.6) is 0 Å². The van der Waals surface area contributed by atoms with E-state index in [2.05, 4.69) is 0 Å². The number of hydrogen-bond donors (Lipinski definition) is 0. The van der Waals surface area contributed by atoms with Crippen molar-refractivity contribution in [3.63, 3.8) is 0 Å². The third-order valence-corrected chi connectivity index (χ3v) is 8.06. The van der Waals surface area contributed by atoms with Gasteiger partial charge in [-0.05, 0) is 36.2 Å². The molecule has 1 aromatic heterocycles. The van der Waals surface area contributed by atoms with E-state index in [4.69, 9.17) is 13.9 Å². The van der Waals surface area contributed by atoms with E-state index in [1.165, 1.54) is 18.1 Å². The Kier molecular flexibility index (Phi) is 5.46. The maximum Gasteiger partial charge on any atom is 0.310 e. The van der Waals surface area contributed by atoms with Gasteiger partial charge in [0.15, 0.2) is 11.9 Å². The first-order valence-electron chi connectivity index (χ1n) is 11.1. The second-order valence-corrected chi connectivity index (χ2v) is 10.2. The summed E-state index contributed by atoms with van der Waals surface area (Å²) in [5.41, 5.74) is -0.657. The van der Waals surface area contributed by atoms with Crippen molar-refractivity contribution in [2.24, 2.45) is 28.6 Å². The van der Waals surface area contributed by atoms with Crippen LogP contribution in [0.25, 0.3) is 0 Å². The maximum absolute atomic E-state index is 13.8. The first kappa shape index (κ1) is 22.6. The quantitative estimate of drug-likeness (QED) is 0.659. The van der Waals surface area contributed by atoms with Crippen molar-refractivity contribution < 1.29 is 33.1 Å². The van der Waals surface area contributed by atoms with Crippen molar-refractivity contribution in [3.8, 4) is 0 Å². The molecule has 174 valence electrons. The van der Waals surface area contributed by atoms with Crippen LogP contribution in [0.4, 0.5) is 0 Å². The SMILES string of the molecule is CC(=O)O[C@H]1C[C@@H](C(=O)N(C)C)[C@]2(C)CC[C@@H]3C(=O)O[C@H](c4ccoc4)C[C@]3(C)[C@H]2C1=O. The van der Waals surface area contributed by atoms with Gasteiger partial charge in [-0.1, -0.05) is 13.8 Å². The largest absolute Gasteiger partial charge is 0.472 e. The van der Waals surface area contributed by atoms with E-state index in [-0.39, 0.29) is 24.1 Å². The molecule has 3 fully saturated rings. The Hall–Kier alpha value is -2.64. The van der Waals surface area contributed by atoms with Crippen molar-refractivity contribution >= 4 is 23.6 Å². The predicted molar refractivity (Wildman–Crippen MR) is 112 cm³/mol. The van der Waals surface area contributed by atoms with E-state index in [9.17, 15) is 19.2 Å². The molecule has 2 aliphatic carbocycles. The minimum absolute atomic E-state index is 0.0889. The highest BCUT2D eigenvalue weighted by atomic mass is 16.6. The average Bonchev–Trinajstić information content (AvgIpc) is 3.23. The fourth-order valence-corrected chi connectivity index (χ4v) is 6.65. The molecule has 1 saturated heterocycles. The van der Waals surface area contributed by atoms with Crippen LogP contribution in [-0.2, 0) is 28.7 Å². The van der Waals surface area contributed by atoms with Crippen LogP contribution in [0.1, 0.15) is 58.1 Å². The molecule has 7 atom stereocenters. The molecule has 32 heavy (non-hydrogen) atoms. The van der Waals surface area contributed by atoms with E-state index in [1.54, 1.807) is 26.4 Å². The summed E-state index contributed by atoms with van der Waals surface area (Å²) >= 11 is 0. The van der Waals surface area contributed by atoms with Gasteiger partial charge in [-0.3, -0.25) is 19.2 Å². The van der Waals surface area contributed by atoms with Crippen LogP contribution in [0.2, 0.25) is 0 Å². The monoisotopic (exact) mass is 445 g/mol. The Morgan fingerprint density at radius 3 is 2.50 bits per heavy atom. The average molecular weight is 446 g/mol. The highest BCUT2D eigenvalue weighted by molar-refractivity contribution is 5.93. The molecular weight excluding hydrogens is 414 g/mol. The topological polar surface area (TPSA) is 103 Å². The fourth-order valence-electron chi connectivity index (χ4n) is 6.65. The zero-order valence-electron chi connectivity index (χ0n) is 19.3. The van der Waals surface area contributed by atoms with Crippen LogP contribution in [0.3, 0.4) is 0 Å². The molecule has 0 radical (unpaired) electrons. The number of ketones is 1. The number of nitrogens with zero attached hydrogens (tertiary/aromatic N) is 1. The summed E-state index contributed by atoms with van der Waals surface area (Å²) in [4.78, 5) is 53.5. The summed E-state index contributed by atoms with van der Waals surface area (Å²) in [6.45, 7) is 5.21. The first-order valence-corrected chi connectivity index (χ1v) is 11.1. The molecule has 0 bridgehead atoms. The third kappa shape index (κ3) is 3.35. The van der Waals surface area contributed by atoms with Gasteiger partial charge >= 0.3 is 11.9 Å². The standard InChI is InChI=1S/C24H31NO7/c1-13(26)31-17-10-16(21(28)25(4)5)23(2)8-6-15-22(29)32-18(14-7-9-30-12-14)11-24(15,3)20(23)19(17)27/h7,9,12,15-18,20H,6,8,10-11H2,1-5H3/t15-,16+,17+,18+,20+,23+,24+/m1/s1. The van der Waals surface area contributed by atoms with Crippen molar-refractivity contribution in [2.75, 3.05) is 14.1 Å². The van der Waals surface area contributed by atoms with Crippen LogP contribution in [0.15, 0.2) is 23.0 Å². The van der Waals surface area contributed by atoms with Crippen molar-refractivity contribution in [1.82, 2.24) is 4.90 Å². The molecule has 2 saturated carbocycles. The second-order valence-electron chi connectivity index (χ2n) is 10.2. The Morgan fingerprint density at radius 1 is 1.19 bits per heavy atom. The van der Waals surface area contributed by atoms with Gasteiger partial charge in [0.25, 0.3) is 0 Å². The highest BCUT2D eigenvalue weighted by Crippen LogP contribution is 2.65. The normalized spacial score (nSPS) is 38.8. The predicted octanol–water partition coefficient (Wildman–Crippen LogP) is 2.92. The van der Waals surface area contributed by atoms with Gasteiger partial charge in [0.2, 0.25) is 5.91 Å². The Labute approximate surface area is 187 Å². The zero-order chi connectivity index (χ0) is 23.4. The summed E-state index contributed by atoms with van der Waals surface area (Å²) in [5.74, 6) is -2.74. The lowest BCUT2D eigenvalue weighted by Crippen LogP contribution is -2.65. The Bertz CT molecular complexity index is 938. The number of rotatable bonds is 3. The molecule has 0 aromatic carbocycles. The fraction of sp³-hybridized carbons (Fsp3) is 0.667. The van der Waals surface area contributed by atoms with Crippen molar-refractivity contribution in [2.45, 2.75) is 58.7 Å². The lowest BCUT2D eigenvalue weighted by atomic mass is 9.43. The molecule has 1 aliphatic heterocycles. The number of ether oxygens (including phenoxy) is 2. The third-order valence-electron chi connectivity index (χ3n) is 8.06. The molecular formula is C24H31NO7. The number of carbonyl (C=O) groups is 4.